The van der Waals surface area contributed by atoms with E-state index in [4.69, 9.17) is 20.6 Å². The summed E-state index contributed by atoms with van der Waals surface area (Å²) in [6, 6.07) is 17.2. The Kier molecular flexibility index (Phi) is 6.55. The molecule has 0 saturated heterocycles. The molecule has 6 nitrogen and oxygen atoms in total. The van der Waals surface area contributed by atoms with E-state index in [0.29, 0.717) is 23.8 Å². The van der Waals surface area contributed by atoms with E-state index < -0.39 is 7.75 Å². The maximum absolute atomic E-state index is 13.1. The fourth-order valence-electron chi connectivity index (χ4n) is 4.23. The van der Waals surface area contributed by atoms with Gasteiger partial charge in [0.05, 0.1) is 17.6 Å². The van der Waals surface area contributed by atoms with Crippen LogP contribution in [0.2, 0.25) is 5.02 Å². The van der Waals surface area contributed by atoms with Crippen molar-refractivity contribution < 1.29 is 18.7 Å². The summed E-state index contributed by atoms with van der Waals surface area (Å²) in [6.07, 6.45) is 0.413. The molecule has 2 aromatic carbocycles. The van der Waals surface area contributed by atoms with Gasteiger partial charge in [0.1, 0.15) is 11.6 Å². The van der Waals surface area contributed by atoms with Gasteiger partial charge in [-0.3, -0.25) is 9.05 Å². The van der Waals surface area contributed by atoms with Crippen LogP contribution < -0.4 is 0 Å². The molecular weight excluding hydrogens is 511 g/mol. The molecule has 0 amide bonds. The highest BCUT2D eigenvalue weighted by atomic mass is 35.5. The van der Waals surface area contributed by atoms with Gasteiger partial charge in [-0.2, -0.15) is 4.76 Å². The third-order valence-electron chi connectivity index (χ3n) is 5.84. The second-order valence-electron chi connectivity index (χ2n) is 7.79. The zero-order valence-electron chi connectivity index (χ0n) is 18.5. The molecular formula is C24H22ClN2O4PS2. The summed E-state index contributed by atoms with van der Waals surface area (Å²) in [5.41, 5.74) is 1.97. The Hall–Kier alpha value is -2.19. The Morgan fingerprint density at radius 1 is 1.18 bits per heavy atom. The Labute approximate surface area is 210 Å². The molecule has 34 heavy (non-hydrogen) atoms. The smallest absolute Gasteiger partial charge is 0.454 e. The van der Waals surface area contributed by atoms with Crippen molar-refractivity contribution in [2.45, 2.75) is 19.0 Å². The number of hydrogen-bond donors (Lipinski definition) is 1. The first-order valence-corrected chi connectivity index (χ1v) is 14.1. The molecule has 0 fully saturated rings. The average molecular weight is 533 g/mol. The number of phenolic OH excluding ortho intramolecular Hbond substituents is 1. The zero-order chi connectivity index (χ0) is 23.9. The van der Waals surface area contributed by atoms with Crippen molar-refractivity contribution in [3.63, 3.8) is 0 Å². The van der Waals surface area contributed by atoms with E-state index in [1.165, 1.54) is 14.2 Å². The lowest BCUT2D eigenvalue weighted by Crippen LogP contribution is -2.40. The second kappa shape index (κ2) is 9.46. The number of benzene rings is 2. The highest BCUT2D eigenvalue weighted by molar-refractivity contribution is 7.52. The van der Waals surface area contributed by atoms with Crippen molar-refractivity contribution in [3.8, 4) is 5.75 Å². The normalized spacial score (nSPS) is 17.4. The van der Waals surface area contributed by atoms with E-state index >= 15 is 0 Å². The highest BCUT2D eigenvalue weighted by Gasteiger charge is 2.36. The number of thiophene rings is 2. The van der Waals surface area contributed by atoms with Crippen LogP contribution in [0.3, 0.4) is 0 Å². The molecule has 4 aromatic rings. The Morgan fingerprint density at radius 3 is 2.68 bits per heavy atom. The number of fused-ring (bicyclic) bond motifs is 2. The maximum Gasteiger partial charge on any atom is 0.454 e. The van der Waals surface area contributed by atoms with Crippen LogP contribution in [0.25, 0.3) is 10.1 Å². The van der Waals surface area contributed by atoms with Crippen LogP contribution >= 0.6 is 42.0 Å². The Bertz CT molecular complexity index is 1410. The van der Waals surface area contributed by atoms with E-state index in [-0.39, 0.29) is 11.8 Å². The molecule has 5 rings (SSSR count). The van der Waals surface area contributed by atoms with Crippen LogP contribution in [0.15, 0.2) is 64.7 Å². The second-order valence-corrected chi connectivity index (χ2v) is 12.2. The molecule has 1 aliphatic rings. The van der Waals surface area contributed by atoms with Crippen molar-refractivity contribution >= 4 is 57.9 Å². The number of aromatic hydroxyl groups is 1. The summed E-state index contributed by atoms with van der Waals surface area (Å²) in [6.45, 7) is 0.447. The number of amidine groups is 1. The molecule has 176 valence electrons. The van der Waals surface area contributed by atoms with Crippen LogP contribution in [-0.4, -0.2) is 30.1 Å². The van der Waals surface area contributed by atoms with Crippen molar-refractivity contribution in [3.05, 3.63) is 85.9 Å². The van der Waals surface area contributed by atoms with Crippen LogP contribution in [0.5, 0.6) is 5.75 Å². The van der Waals surface area contributed by atoms with Gasteiger partial charge in [-0.15, -0.1) is 22.7 Å². The van der Waals surface area contributed by atoms with Gasteiger partial charge in [0.15, 0.2) is 0 Å². The number of rotatable bonds is 6. The average Bonchev–Trinajstić information content (AvgIpc) is 3.48. The molecule has 1 aliphatic heterocycles. The maximum atomic E-state index is 13.1. The summed E-state index contributed by atoms with van der Waals surface area (Å²) < 4.78 is 29.0. The topological polar surface area (TPSA) is 71.4 Å². The Morgan fingerprint density at radius 2 is 1.97 bits per heavy atom. The minimum atomic E-state index is -3.69. The van der Waals surface area contributed by atoms with Gasteiger partial charge in [-0.25, -0.2) is 4.57 Å². The fourth-order valence-corrected chi connectivity index (χ4v) is 7.36. The molecule has 0 spiro atoms. The van der Waals surface area contributed by atoms with Crippen molar-refractivity contribution in [2.24, 2.45) is 4.76 Å². The molecule has 3 heterocycles. The van der Waals surface area contributed by atoms with Gasteiger partial charge in [0, 0.05) is 40.5 Å². The number of hydrogen-bond acceptors (Lipinski definition) is 6. The van der Waals surface area contributed by atoms with Crippen molar-refractivity contribution in [1.82, 2.24) is 4.90 Å². The third-order valence-corrected chi connectivity index (χ3v) is 9.87. The molecule has 1 atom stereocenters. The van der Waals surface area contributed by atoms with Gasteiger partial charge < -0.3 is 10.0 Å². The van der Waals surface area contributed by atoms with Crippen LogP contribution in [0.1, 0.15) is 26.9 Å². The number of halogens is 1. The first-order chi connectivity index (χ1) is 16.4. The summed E-state index contributed by atoms with van der Waals surface area (Å²) in [5.74, 6) is 0.775. The molecule has 0 saturated carbocycles. The van der Waals surface area contributed by atoms with E-state index in [1.807, 2.05) is 35.7 Å². The zero-order valence-corrected chi connectivity index (χ0v) is 21.8. The van der Waals surface area contributed by atoms with Gasteiger partial charge in [-0.05, 0) is 40.8 Å². The summed E-state index contributed by atoms with van der Waals surface area (Å²) in [4.78, 5) is 4.14. The van der Waals surface area contributed by atoms with Gasteiger partial charge in [0.25, 0.3) is 0 Å². The monoisotopic (exact) mass is 532 g/mol. The summed E-state index contributed by atoms with van der Waals surface area (Å²) in [7, 11) is -1.03. The quantitative estimate of drug-likeness (QED) is 0.264. The minimum absolute atomic E-state index is 0.194. The first-order valence-electron chi connectivity index (χ1n) is 10.5. The van der Waals surface area contributed by atoms with Gasteiger partial charge in [0.2, 0.25) is 0 Å². The standard InChI is InChI=1S/C24H22ClN2O4PS2/c1-30-32(29,31-2)26-22-12-15-9-10-16(28)13-18(15)24(20-8-5-11-33-20)27(22)14-21-23(25)17-6-3-4-7-19(17)34-21/h3-11,13,24,28H,12,14H2,1-2H3/b26-22-. The largest absolute Gasteiger partial charge is 0.508 e. The van der Waals surface area contributed by atoms with E-state index in [9.17, 15) is 9.67 Å². The number of phenols is 1. The molecule has 0 aliphatic carbocycles. The van der Waals surface area contributed by atoms with Crippen molar-refractivity contribution in [1.29, 1.82) is 0 Å². The SMILES string of the molecule is COP(=O)(/N=C1/Cc2ccc(O)cc2C(c2cccs2)N1Cc1sc2ccccc2c1Cl)OC. The fraction of sp³-hybridized carbons (Fsp3) is 0.208. The lowest BCUT2D eigenvalue weighted by atomic mass is 9.90. The van der Waals surface area contributed by atoms with E-state index in [0.717, 1.165) is 31.0 Å². The molecule has 0 radical (unpaired) electrons. The summed E-state index contributed by atoms with van der Waals surface area (Å²) in [5, 5.41) is 14.0. The molecule has 0 bridgehead atoms. The number of nitrogens with zero attached hydrogens (tertiary/aromatic N) is 2. The molecule has 2 aromatic heterocycles. The van der Waals surface area contributed by atoms with E-state index in [2.05, 4.69) is 21.8 Å². The third kappa shape index (κ3) is 4.31. The van der Waals surface area contributed by atoms with Crippen LogP contribution in [-0.2, 0) is 26.6 Å². The summed E-state index contributed by atoms with van der Waals surface area (Å²) >= 11 is 10.1. The predicted molar refractivity (Wildman–Crippen MR) is 139 cm³/mol. The molecule has 1 unspecified atom stereocenters. The van der Waals surface area contributed by atoms with Gasteiger partial charge >= 0.3 is 7.75 Å². The first kappa shape index (κ1) is 23.5. The lowest BCUT2D eigenvalue weighted by molar-refractivity contribution is 0.274. The molecule has 1 N–H and O–H groups in total. The van der Waals surface area contributed by atoms with Crippen LogP contribution in [0, 0.1) is 0 Å². The van der Waals surface area contributed by atoms with Gasteiger partial charge in [-0.1, -0.05) is 41.9 Å². The molecule has 10 heteroatoms. The van der Waals surface area contributed by atoms with E-state index in [1.54, 1.807) is 34.8 Å². The highest BCUT2D eigenvalue weighted by Crippen LogP contribution is 2.51. The lowest BCUT2D eigenvalue weighted by Gasteiger charge is -2.39. The minimum Gasteiger partial charge on any atom is -0.508 e. The predicted octanol–water partition coefficient (Wildman–Crippen LogP) is 7.27. The van der Waals surface area contributed by atoms with Crippen LogP contribution in [0.4, 0.5) is 0 Å². The Balaban J connectivity index is 1.70. The van der Waals surface area contributed by atoms with Crippen molar-refractivity contribution in [2.75, 3.05) is 14.2 Å².